The van der Waals surface area contributed by atoms with Crippen molar-refractivity contribution in [3.05, 3.63) is 24.3 Å². The summed E-state index contributed by atoms with van der Waals surface area (Å²) in [5, 5.41) is 2.98. The molecule has 0 heterocycles. The number of rotatable bonds is 7. The molecule has 7 heteroatoms. The van der Waals surface area contributed by atoms with Gasteiger partial charge in [-0.15, -0.1) is 0 Å². The lowest BCUT2D eigenvalue weighted by molar-refractivity contribution is -0.127. The highest BCUT2D eigenvalue weighted by Crippen LogP contribution is 2.22. The van der Waals surface area contributed by atoms with Gasteiger partial charge in [0.2, 0.25) is 15.9 Å². The third-order valence-electron chi connectivity index (χ3n) is 3.41. The van der Waals surface area contributed by atoms with Gasteiger partial charge in [-0.3, -0.25) is 4.79 Å². The maximum Gasteiger partial charge on any atom is 0.241 e. The number of amides is 1. The number of benzene rings is 1. The summed E-state index contributed by atoms with van der Waals surface area (Å²) in [7, 11) is -1.68. The molecule has 1 saturated carbocycles. The molecule has 0 saturated heterocycles. The molecule has 1 fully saturated rings. The van der Waals surface area contributed by atoms with Crippen LogP contribution in [0.5, 0.6) is 0 Å². The van der Waals surface area contributed by atoms with Crippen molar-refractivity contribution in [2.45, 2.75) is 30.7 Å². The Hall–Kier alpha value is -1.60. The predicted octanol–water partition coefficient (Wildman–Crippen LogP) is 1.02. The molecule has 0 radical (unpaired) electrons. The zero-order chi connectivity index (χ0) is 15.5. The van der Waals surface area contributed by atoms with Gasteiger partial charge in [-0.05, 0) is 44.0 Å². The van der Waals surface area contributed by atoms with Crippen molar-refractivity contribution in [1.82, 2.24) is 9.62 Å². The van der Waals surface area contributed by atoms with Gasteiger partial charge in [0.15, 0.2) is 0 Å². The molecule has 1 aliphatic carbocycles. The first-order valence-electron chi connectivity index (χ1n) is 7.02. The number of nitrogens with zero attached hydrogens (tertiary/aromatic N) is 1. The topological polar surface area (TPSA) is 78.5 Å². The van der Waals surface area contributed by atoms with E-state index in [0.29, 0.717) is 6.54 Å². The fraction of sp³-hybridized carbons (Fsp3) is 0.500. The minimum atomic E-state index is -3.42. The van der Waals surface area contributed by atoms with Gasteiger partial charge in [0, 0.05) is 25.3 Å². The molecule has 0 bridgehead atoms. The molecule has 0 aliphatic heterocycles. The predicted molar refractivity (Wildman–Crippen MR) is 81.6 cm³/mol. The lowest BCUT2D eigenvalue weighted by Crippen LogP contribution is -2.31. The molecule has 21 heavy (non-hydrogen) atoms. The third kappa shape index (κ3) is 4.44. The number of anilines is 1. The average molecular weight is 311 g/mol. The number of carbonyl (C=O) groups is 1. The average Bonchev–Trinajstić information content (AvgIpc) is 3.27. The van der Waals surface area contributed by atoms with E-state index in [9.17, 15) is 13.2 Å². The van der Waals surface area contributed by atoms with Gasteiger partial charge in [-0.1, -0.05) is 0 Å². The van der Waals surface area contributed by atoms with Crippen LogP contribution >= 0.6 is 0 Å². The Labute approximate surface area is 125 Å². The smallest absolute Gasteiger partial charge is 0.241 e. The molecular formula is C14H21N3O3S. The summed E-state index contributed by atoms with van der Waals surface area (Å²) in [6.07, 6.45) is 1.82. The molecule has 0 aromatic heterocycles. The van der Waals surface area contributed by atoms with Crippen LogP contribution in [-0.2, 0) is 14.8 Å². The summed E-state index contributed by atoms with van der Waals surface area (Å²) < 4.78 is 26.6. The van der Waals surface area contributed by atoms with Crippen molar-refractivity contribution in [3.63, 3.8) is 0 Å². The molecule has 116 valence electrons. The van der Waals surface area contributed by atoms with Crippen LogP contribution in [0.4, 0.5) is 5.69 Å². The highest BCUT2D eigenvalue weighted by atomic mass is 32.2. The Kier molecular flexibility index (Phi) is 4.84. The summed E-state index contributed by atoms with van der Waals surface area (Å²) in [6, 6.07) is 6.51. The number of likely N-dealkylation sites (N-methyl/N-ethyl adjacent to an activating group) is 1. The maximum atomic E-state index is 12.0. The second-order valence-electron chi connectivity index (χ2n) is 5.18. The molecule has 1 aromatic rings. The second-order valence-corrected chi connectivity index (χ2v) is 6.90. The summed E-state index contributed by atoms with van der Waals surface area (Å²) in [6.45, 7) is 2.76. The van der Waals surface area contributed by atoms with Crippen LogP contribution < -0.4 is 10.0 Å². The number of carbonyl (C=O) groups excluding carboxylic acids is 1. The van der Waals surface area contributed by atoms with Crippen molar-refractivity contribution in [3.8, 4) is 0 Å². The summed E-state index contributed by atoms with van der Waals surface area (Å²) in [4.78, 5) is 13.5. The second kappa shape index (κ2) is 6.44. The monoisotopic (exact) mass is 311 g/mol. The van der Waals surface area contributed by atoms with Crippen LogP contribution in [0.15, 0.2) is 29.2 Å². The van der Waals surface area contributed by atoms with Crippen LogP contribution in [0.25, 0.3) is 0 Å². The maximum absolute atomic E-state index is 12.0. The van der Waals surface area contributed by atoms with E-state index >= 15 is 0 Å². The van der Waals surface area contributed by atoms with Gasteiger partial charge in [0.1, 0.15) is 0 Å². The van der Waals surface area contributed by atoms with Crippen LogP contribution in [0.2, 0.25) is 0 Å². The lowest BCUT2D eigenvalue weighted by Gasteiger charge is -2.15. The Morgan fingerprint density at radius 3 is 2.43 bits per heavy atom. The molecule has 6 nitrogen and oxygen atoms in total. The molecule has 1 amide bonds. The summed E-state index contributed by atoms with van der Waals surface area (Å²) in [5.74, 6) is -0.00963. The molecule has 1 aliphatic rings. The zero-order valence-corrected chi connectivity index (χ0v) is 13.1. The third-order valence-corrected chi connectivity index (χ3v) is 4.94. The minimum Gasteiger partial charge on any atom is -0.376 e. The number of hydrogen-bond donors (Lipinski definition) is 2. The first-order chi connectivity index (χ1) is 9.92. The summed E-state index contributed by atoms with van der Waals surface area (Å²) in [5.41, 5.74) is 0.721. The van der Waals surface area contributed by atoms with Crippen molar-refractivity contribution in [2.75, 3.05) is 25.5 Å². The van der Waals surface area contributed by atoms with E-state index in [2.05, 4.69) is 10.0 Å². The largest absolute Gasteiger partial charge is 0.376 e. The Morgan fingerprint density at radius 1 is 1.29 bits per heavy atom. The molecule has 0 atom stereocenters. The van der Waals surface area contributed by atoms with Gasteiger partial charge in [-0.2, -0.15) is 0 Å². The molecule has 0 spiro atoms. The first kappa shape index (κ1) is 15.8. The van der Waals surface area contributed by atoms with Gasteiger partial charge in [0.25, 0.3) is 0 Å². The van der Waals surface area contributed by atoms with Crippen LogP contribution in [0, 0.1) is 0 Å². The van der Waals surface area contributed by atoms with E-state index < -0.39 is 10.0 Å². The van der Waals surface area contributed by atoms with E-state index in [4.69, 9.17) is 0 Å². The molecule has 2 N–H and O–H groups in total. The van der Waals surface area contributed by atoms with Gasteiger partial charge in [0.05, 0.1) is 11.4 Å². The van der Waals surface area contributed by atoms with Crippen molar-refractivity contribution in [2.24, 2.45) is 0 Å². The van der Waals surface area contributed by atoms with E-state index in [0.717, 1.165) is 18.5 Å². The quantitative estimate of drug-likeness (QED) is 0.788. The molecular weight excluding hydrogens is 290 g/mol. The van der Waals surface area contributed by atoms with E-state index in [1.165, 1.54) is 0 Å². The number of nitrogens with one attached hydrogen (secondary N) is 2. The summed E-state index contributed by atoms with van der Waals surface area (Å²) >= 11 is 0. The van der Waals surface area contributed by atoms with Gasteiger partial charge in [-0.25, -0.2) is 13.1 Å². The molecule has 1 aromatic carbocycles. The Morgan fingerprint density at radius 2 is 1.90 bits per heavy atom. The van der Waals surface area contributed by atoms with Crippen molar-refractivity contribution < 1.29 is 13.2 Å². The van der Waals surface area contributed by atoms with Crippen LogP contribution in [0.3, 0.4) is 0 Å². The van der Waals surface area contributed by atoms with Crippen molar-refractivity contribution in [1.29, 1.82) is 0 Å². The standard InChI is InChI=1S/C14H21N3O3S/c1-3-17(2)14(18)10-15-11-6-8-13(9-7-11)21(19,20)16-12-4-5-12/h6-9,12,15-16H,3-5,10H2,1-2H3. The fourth-order valence-electron chi connectivity index (χ4n) is 1.73. The molecule has 2 rings (SSSR count). The van der Waals surface area contributed by atoms with Gasteiger partial charge < -0.3 is 10.2 Å². The van der Waals surface area contributed by atoms with Crippen LogP contribution in [0.1, 0.15) is 19.8 Å². The van der Waals surface area contributed by atoms with E-state index in [1.807, 2.05) is 6.92 Å². The zero-order valence-electron chi connectivity index (χ0n) is 12.3. The number of sulfonamides is 1. The highest BCUT2D eigenvalue weighted by molar-refractivity contribution is 7.89. The Balaban J connectivity index is 1.94. The normalized spacial score (nSPS) is 14.8. The number of hydrogen-bond acceptors (Lipinski definition) is 4. The minimum absolute atomic E-state index is 0.00963. The van der Waals surface area contributed by atoms with Gasteiger partial charge >= 0.3 is 0 Å². The van der Waals surface area contributed by atoms with E-state index in [-0.39, 0.29) is 23.4 Å². The van der Waals surface area contributed by atoms with E-state index in [1.54, 1.807) is 36.2 Å². The molecule has 0 unspecified atom stereocenters. The first-order valence-corrected chi connectivity index (χ1v) is 8.51. The SMILES string of the molecule is CCN(C)C(=O)CNc1ccc(S(=O)(=O)NC2CC2)cc1. The highest BCUT2D eigenvalue weighted by Gasteiger charge is 2.27. The van der Waals surface area contributed by atoms with Crippen LogP contribution in [-0.4, -0.2) is 45.4 Å². The fourth-order valence-corrected chi connectivity index (χ4v) is 3.03. The Bertz CT molecular complexity index is 594. The van der Waals surface area contributed by atoms with Crippen molar-refractivity contribution >= 4 is 21.6 Å². The lowest BCUT2D eigenvalue weighted by atomic mass is 10.3.